The molecule has 2 aromatic heterocycles. The van der Waals surface area contributed by atoms with Crippen LogP contribution in [0.15, 0.2) is 144 Å². The Balaban J connectivity index is 1.27. The topological polar surface area (TPSA) is 62.7 Å². The Morgan fingerprint density at radius 2 is 1.12 bits per heavy atom. The summed E-state index contributed by atoms with van der Waals surface area (Å²) in [6, 6.07) is 49.2. The van der Waals surface area contributed by atoms with Gasteiger partial charge in [-0.3, -0.25) is 0 Å². The predicted molar refractivity (Wildman–Crippen MR) is 173 cm³/mol. The summed E-state index contributed by atoms with van der Waals surface area (Å²) in [5, 5.41) is 13.7. The zero-order valence-corrected chi connectivity index (χ0v) is 23.0. The molecule has 0 spiro atoms. The van der Waals surface area contributed by atoms with Gasteiger partial charge in [-0.1, -0.05) is 121 Å². The maximum absolute atomic E-state index is 9.92. The van der Waals surface area contributed by atoms with E-state index in [-0.39, 0.29) is 0 Å². The van der Waals surface area contributed by atoms with Crippen LogP contribution in [0, 0.1) is 11.3 Å². The van der Waals surface area contributed by atoms with E-state index < -0.39 is 0 Å². The number of furan rings is 1. The van der Waals surface area contributed by atoms with Gasteiger partial charge >= 0.3 is 0 Å². The SMILES string of the molecule is N#Cc1cc2c(oc3cccc(-c4ccc(-c5cc(-c6ccccc6)nc(-c6ccccc6)n5)cc4)c32)c2ccccc12. The molecular formula is C39H23N3O. The monoisotopic (exact) mass is 549 g/mol. The number of hydrogen-bond acceptors (Lipinski definition) is 4. The van der Waals surface area contributed by atoms with Gasteiger partial charge in [-0.05, 0) is 29.3 Å². The molecule has 0 atom stereocenters. The van der Waals surface area contributed by atoms with Gasteiger partial charge in [-0.2, -0.15) is 5.26 Å². The lowest BCUT2D eigenvalue weighted by molar-refractivity contribution is 0.673. The first kappa shape index (κ1) is 24.7. The van der Waals surface area contributed by atoms with Gasteiger partial charge in [-0.25, -0.2) is 9.97 Å². The Morgan fingerprint density at radius 1 is 0.512 bits per heavy atom. The molecule has 2 heterocycles. The van der Waals surface area contributed by atoms with Crippen molar-refractivity contribution in [3.63, 3.8) is 0 Å². The Kier molecular flexibility index (Phi) is 5.80. The first-order chi connectivity index (χ1) is 21.3. The second kappa shape index (κ2) is 10.1. The van der Waals surface area contributed by atoms with Crippen molar-refractivity contribution in [2.75, 3.05) is 0 Å². The molecular weight excluding hydrogens is 526 g/mol. The molecule has 200 valence electrons. The fourth-order valence-electron chi connectivity index (χ4n) is 5.87. The number of nitriles is 1. The van der Waals surface area contributed by atoms with Crippen LogP contribution in [0.4, 0.5) is 0 Å². The fraction of sp³-hybridized carbons (Fsp3) is 0. The first-order valence-corrected chi connectivity index (χ1v) is 14.1. The summed E-state index contributed by atoms with van der Waals surface area (Å²) in [5.41, 5.74) is 9.11. The largest absolute Gasteiger partial charge is 0.455 e. The minimum absolute atomic E-state index is 0.642. The Morgan fingerprint density at radius 3 is 1.81 bits per heavy atom. The van der Waals surface area contributed by atoms with Crippen LogP contribution in [0.25, 0.3) is 77.7 Å². The molecule has 0 radical (unpaired) electrons. The third kappa shape index (κ3) is 4.23. The maximum atomic E-state index is 9.92. The molecule has 0 unspecified atom stereocenters. The second-order valence-electron chi connectivity index (χ2n) is 10.5. The average molecular weight is 550 g/mol. The van der Waals surface area contributed by atoms with Crippen LogP contribution in [-0.4, -0.2) is 9.97 Å². The molecule has 0 aliphatic heterocycles. The van der Waals surface area contributed by atoms with E-state index in [1.807, 2.05) is 91.0 Å². The number of benzene rings is 6. The number of aromatic nitrogens is 2. The average Bonchev–Trinajstić information content (AvgIpc) is 3.48. The lowest BCUT2D eigenvalue weighted by Gasteiger charge is -2.10. The smallest absolute Gasteiger partial charge is 0.160 e. The van der Waals surface area contributed by atoms with Crippen molar-refractivity contribution in [3.8, 4) is 51.1 Å². The fourth-order valence-corrected chi connectivity index (χ4v) is 5.87. The lowest BCUT2D eigenvalue weighted by Crippen LogP contribution is -1.95. The van der Waals surface area contributed by atoms with Crippen LogP contribution in [0.5, 0.6) is 0 Å². The maximum Gasteiger partial charge on any atom is 0.160 e. The molecule has 0 N–H and O–H groups in total. The number of fused-ring (bicyclic) bond motifs is 5. The third-order valence-electron chi connectivity index (χ3n) is 7.94. The summed E-state index contributed by atoms with van der Waals surface area (Å²) in [6.45, 7) is 0. The summed E-state index contributed by atoms with van der Waals surface area (Å²) < 4.78 is 6.40. The molecule has 4 nitrogen and oxygen atoms in total. The second-order valence-corrected chi connectivity index (χ2v) is 10.5. The standard InChI is InChI=1S/C39H23N3O/c40-24-29-22-33-37-31(16-9-17-36(37)43-38(33)32-15-8-7-14-30(29)32)25-18-20-27(21-19-25)35-23-34(26-10-3-1-4-11-26)41-39(42-35)28-12-5-2-6-13-28/h1-23H. The van der Waals surface area contributed by atoms with Crippen LogP contribution < -0.4 is 0 Å². The minimum atomic E-state index is 0.642. The predicted octanol–water partition coefficient (Wildman–Crippen LogP) is 10.1. The molecule has 4 heteroatoms. The summed E-state index contributed by atoms with van der Waals surface area (Å²) in [4.78, 5) is 9.89. The summed E-state index contributed by atoms with van der Waals surface area (Å²) in [5.74, 6) is 0.691. The van der Waals surface area contributed by atoms with Crippen molar-refractivity contribution in [2.45, 2.75) is 0 Å². The van der Waals surface area contributed by atoms with Crippen molar-refractivity contribution in [1.82, 2.24) is 9.97 Å². The molecule has 0 aliphatic carbocycles. The third-order valence-corrected chi connectivity index (χ3v) is 7.94. The Hall–Kier alpha value is -6.05. The van der Waals surface area contributed by atoms with Crippen LogP contribution >= 0.6 is 0 Å². The molecule has 6 aromatic carbocycles. The van der Waals surface area contributed by atoms with Gasteiger partial charge in [0.1, 0.15) is 11.2 Å². The van der Waals surface area contributed by atoms with E-state index in [4.69, 9.17) is 14.4 Å². The van der Waals surface area contributed by atoms with E-state index in [1.54, 1.807) is 0 Å². The van der Waals surface area contributed by atoms with E-state index in [9.17, 15) is 5.26 Å². The van der Waals surface area contributed by atoms with Gasteiger partial charge < -0.3 is 4.42 Å². The summed E-state index contributed by atoms with van der Waals surface area (Å²) in [6.07, 6.45) is 0. The van der Waals surface area contributed by atoms with E-state index in [2.05, 4.69) is 54.6 Å². The van der Waals surface area contributed by atoms with Gasteiger partial charge in [-0.15, -0.1) is 0 Å². The molecule has 0 saturated heterocycles. The highest BCUT2D eigenvalue weighted by molar-refractivity contribution is 6.20. The van der Waals surface area contributed by atoms with Crippen molar-refractivity contribution in [2.24, 2.45) is 0 Å². The van der Waals surface area contributed by atoms with Gasteiger partial charge in [0, 0.05) is 38.2 Å². The number of nitrogens with zero attached hydrogens (tertiary/aromatic N) is 3. The summed E-state index contributed by atoms with van der Waals surface area (Å²) in [7, 11) is 0. The Bertz CT molecular complexity index is 2270. The molecule has 43 heavy (non-hydrogen) atoms. The summed E-state index contributed by atoms with van der Waals surface area (Å²) >= 11 is 0. The van der Waals surface area contributed by atoms with Gasteiger partial charge in [0.15, 0.2) is 5.82 Å². The van der Waals surface area contributed by atoms with Gasteiger partial charge in [0.25, 0.3) is 0 Å². The van der Waals surface area contributed by atoms with Crippen LogP contribution in [0.3, 0.4) is 0 Å². The van der Waals surface area contributed by atoms with E-state index in [0.29, 0.717) is 11.4 Å². The van der Waals surface area contributed by atoms with Crippen molar-refractivity contribution in [1.29, 1.82) is 5.26 Å². The van der Waals surface area contributed by atoms with Gasteiger partial charge in [0.05, 0.1) is 23.0 Å². The van der Waals surface area contributed by atoms with Crippen LogP contribution in [0.1, 0.15) is 5.56 Å². The van der Waals surface area contributed by atoms with E-state index in [0.717, 1.165) is 71.9 Å². The molecule has 0 amide bonds. The molecule has 8 aromatic rings. The highest BCUT2D eigenvalue weighted by Gasteiger charge is 2.17. The van der Waals surface area contributed by atoms with Crippen molar-refractivity contribution < 1.29 is 4.42 Å². The van der Waals surface area contributed by atoms with Gasteiger partial charge in [0.2, 0.25) is 0 Å². The highest BCUT2D eigenvalue weighted by Crippen LogP contribution is 2.41. The minimum Gasteiger partial charge on any atom is -0.455 e. The highest BCUT2D eigenvalue weighted by atomic mass is 16.3. The van der Waals surface area contributed by atoms with Crippen molar-refractivity contribution >= 4 is 32.7 Å². The first-order valence-electron chi connectivity index (χ1n) is 14.1. The molecule has 0 bridgehead atoms. The number of hydrogen-bond donors (Lipinski definition) is 0. The van der Waals surface area contributed by atoms with Crippen LogP contribution in [-0.2, 0) is 0 Å². The molecule has 0 saturated carbocycles. The zero-order valence-electron chi connectivity index (χ0n) is 23.0. The molecule has 0 aliphatic rings. The normalized spacial score (nSPS) is 11.2. The quantitative estimate of drug-likeness (QED) is 0.219. The number of rotatable bonds is 4. The van der Waals surface area contributed by atoms with Crippen LogP contribution in [0.2, 0.25) is 0 Å². The Labute approximate surface area is 248 Å². The van der Waals surface area contributed by atoms with E-state index >= 15 is 0 Å². The molecule has 8 rings (SSSR count). The zero-order chi connectivity index (χ0) is 28.8. The van der Waals surface area contributed by atoms with Crippen molar-refractivity contribution in [3.05, 3.63) is 145 Å². The lowest BCUT2D eigenvalue weighted by atomic mass is 9.95. The van der Waals surface area contributed by atoms with E-state index in [1.165, 1.54) is 0 Å². The molecule has 0 fully saturated rings.